The molecular weight excluding hydrogens is 249 g/mol. The van der Waals surface area contributed by atoms with Crippen molar-refractivity contribution in [1.82, 2.24) is 5.06 Å². The second-order valence-electron chi connectivity index (χ2n) is 2.49. The largest absolute Gasteiger partial charge is 0.486 e. The van der Waals surface area contributed by atoms with Crippen LogP contribution in [0, 0.1) is 0 Å². The first kappa shape index (κ1) is 12.4. The van der Waals surface area contributed by atoms with Crippen molar-refractivity contribution in [2.24, 2.45) is 0 Å². The molecule has 1 unspecified atom stereocenters. The highest BCUT2D eigenvalue weighted by atomic mass is 19.4. The molecule has 0 radical (unpaired) electrons. The average molecular weight is 249 g/mol. The van der Waals surface area contributed by atoms with E-state index in [0.717, 1.165) is 0 Å². The van der Waals surface area contributed by atoms with Crippen molar-refractivity contribution in [3.63, 3.8) is 0 Å². The molecule has 0 aromatic heterocycles. The zero-order valence-electron chi connectivity index (χ0n) is 6.26. The van der Waals surface area contributed by atoms with Gasteiger partial charge in [-0.25, -0.2) is 4.84 Å². The summed E-state index contributed by atoms with van der Waals surface area (Å²) in [6.45, 7) is 0. The van der Waals surface area contributed by atoms with Crippen LogP contribution in [-0.2, 0) is 4.84 Å². The lowest BCUT2D eigenvalue weighted by Gasteiger charge is -2.19. The number of nitrogens with zero attached hydrogens (tertiary/aromatic N) is 1. The molecule has 0 amide bonds. The van der Waals surface area contributed by atoms with E-state index in [2.05, 4.69) is 4.84 Å². The first-order valence-electron chi connectivity index (χ1n) is 3.03. The lowest BCUT2D eigenvalue weighted by Crippen LogP contribution is -2.51. The van der Waals surface area contributed by atoms with Crippen LogP contribution in [0.15, 0.2) is 0 Å². The highest BCUT2D eigenvalue weighted by molar-refractivity contribution is 5.02. The first-order chi connectivity index (χ1) is 6.34. The second kappa shape index (κ2) is 2.70. The van der Waals surface area contributed by atoms with Gasteiger partial charge in [-0.15, -0.1) is 0 Å². The molecule has 1 atom stereocenters. The van der Waals surface area contributed by atoms with E-state index in [0.29, 0.717) is 0 Å². The standard InChI is InChI=1S/C4F9NO/c5-2(6,7)1(3(8,9)10)14(15-1)4(11,12)13. The molecule has 0 spiro atoms. The van der Waals surface area contributed by atoms with Crippen molar-refractivity contribution >= 4 is 0 Å². The quantitative estimate of drug-likeness (QED) is 0.372. The molecule has 0 aromatic rings. The van der Waals surface area contributed by atoms with Crippen molar-refractivity contribution in [3.8, 4) is 0 Å². The monoisotopic (exact) mass is 249 g/mol. The summed E-state index contributed by atoms with van der Waals surface area (Å²) >= 11 is 0. The average Bonchev–Trinajstić information content (AvgIpc) is 2.51. The van der Waals surface area contributed by atoms with Crippen LogP contribution in [0.3, 0.4) is 0 Å². The minimum absolute atomic E-state index is 2.08. The van der Waals surface area contributed by atoms with Gasteiger partial charge in [-0.3, -0.25) is 0 Å². The van der Waals surface area contributed by atoms with Crippen molar-refractivity contribution in [3.05, 3.63) is 0 Å². The van der Waals surface area contributed by atoms with Gasteiger partial charge in [0.15, 0.2) is 0 Å². The Balaban J connectivity index is 3.08. The molecule has 1 aliphatic heterocycles. The van der Waals surface area contributed by atoms with E-state index >= 15 is 0 Å². The van der Waals surface area contributed by atoms with Gasteiger partial charge in [0.05, 0.1) is 0 Å². The van der Waals surface area contributed by atoms with E-state index in [1.54, 1.807) is 0 Å². The van der Waals surface area contributed by atoms with Crippen molar-refractivity contribution in [2.45, 2.75) is 24.4 Å². The summed E-state index contributed by atoms with van der Waals surface area (Å²) in [6, 6.07) is 0. The maximum absolute atomic E-state index is 11.8. The Morgan fingerprint density at radius 1 is 0.733 bits per heavy atom. The molecule has 1 saturated heterocycles. The third-order valence-corrected chi connectivity index (χ3v) is 1.48. The normalized spacial score (nSPS) is 26.6. The van der Waals surface area contributed by atoms with E-state index in [4.69, 9.17) is 0 Å². The molecule has 0 aromatic carbocycles. The van der Waals surface area contributed by atoms with Crippen LogP contribution >= 0.6 is 0 Å². The van der Waals surface area contributed by atoms with Crippen LogP contribution in [0.25, 0.3) is 0 Å². The number of hydroxylamine groups is 2. The molecule has 2 nitrogen and oxygen atoms in total. The summed E-state index contributed by atoms with van der Waals surface area (Å²) in [6.07, 6.45) is -18.3. The van der Waals surface area contributed by atoms with Gasteiger partial charge in [-0.2, -0.15) is 39.5 Å². The summed E-state index contributed by atoms with van der Waals surface area (Å²) in [4.78, 5) is 2.66. The number of halogens is 9. The van der Waals surface area contributed by atoms with Crippen LogP contribution in [0.2, 0.25) is 0 Å². The molecule has 0 aliphatic carbocycles. The molecule has 1 fully saturated rings. The zero-order chi connectivity index (χ0) is 12.3. The molecule has 15 heavy (non-hydrogen) atoms. The van der Waals surface area contributed by atoms with Gasteiger partial charge in [-0.1, -0.05) is 0 Å². The van der Waals surface area contributed by atoms with E-state index < -0.39 is 29.4 Å². The Labute approximate surface area is 75.1 Å². The smallest absolute Gasteiger partial charge is 0.244 e. The van der Waals surface area contributed by atoms with Crippen LogP contribution in [-0.4, -0.2) is 29.4 Å². The second-order valence-corrected chi connectivity index (χ2v) is 2.49. The molecule has 11 heteroatoms. The maximum Gasteiger partial charge on any atom is 0.486 e. The lowest BCUT2D eigenvalue weighted by molar-refractivity contribution is -0.316. The van der Waals surface area contributed by atoms with Crippen molar-refractivity contribution in [2.75, 3.05) is 0 Å². The molecule has 1 aliphatic rings. The molecule has 1 rings (SSSR count). The van der Waals surface area contributed by atoms with Crippen LogP contribution < -0.4 is 0 Å². The SMILES string of the molecule is FC(F)(F)N1OC1(C(F)(F)F)C(F)(F)F. The summed E-state index contributed by atoms with van der Waals surface area (Å²) in [7, 11) is 0. The minimum atomic E-state index is -6.22. The predicted octanol–water partition coefficient (Wildman–Crippen LogP) is 2.57. The van der Waals surface area contributed by atoms with E-state index in [1.807, 2.05) is 0 Å². The first-order valence-corrected chi connectivity index (χ1v) is 3.03. The molecule has 0 bridgehead atoms. The Morgan fingerprint density at radius 2 is 1.07 bits per heavy atom. The Hall–Kier alpha value is -0.710. The minimum Gasteiger partial charge on any atom is -0.244 e. The van der Waals surface area contributed by atoms with E-state index in [1.165, 1.54) is 0 Å². The fourth-order valence-corrected chi connectivity index (χ4v) is 0.836. The van der Waals surface area contributed by atoms with E-state index in [9.17, 15) is 39.5 Å². The van der Waals surface area contributed by atoms with Crippen molar-refractivity contribution in [1.29, 1.82) is 0 Å². The van der Waals surface area contributed by atoms with Crippen molar-refractivity contribution < 1.29 is 44.4 Å². The number of alkyl halides is 9. The molecule has 0 saturated carbocycles. The third kappa shape index (κ3) is 1.62. The summed E-state index contributed by atoms with van der Waals surface area (Å²) in [5, 5.41) is -2.08. The van der Waals surface area contributed by atoms with Crippen LogP contribution in [0.5, 0.6) is 0 Å². The van der Waals surface area contributed by atoms with Gasteiger partial charge in [0.25, 0.3) is 0 Å². The Kier molecular flexibility index (Phi) is 2.22. The Morgan fingerprint density at radius 3 is 1.13 bits per heavy atom. The fraction of sp³-hybridized carbons (Fsp3) is 1.00. The molecular formula is C4F9NO. The maximum atomic E-state index is 11.8. The highest BCUT2D eigenvalue weighted by Gasteiger charge is 2.92. The van der Waals surface area contributed by atoms with Crippen LogP contribution in [0.4, 0.5) is 39.5 Å². The fourth-order valence-electron chi connectivity index (χ4n) is 0.836. The van der Waals surface area contributed by atoms with Gasteiger partial charge in [0.2, 0.25) is 0 Å². The van der Waals surface area contributed by atoms with Gasteiger partial charge < -0.3 is 0 Å². The zero-order valence-corrected chi connectivity index (χ0v) is 6.26. The molecule has 0 N–H and O–H groups in total. The summed E-state index contributed by atoms with van der Waals surface area (Å²) in [5.41, 5.74) is -5.27. The Bertz CT molecular complexity index is 247. The number of hydrogen-bond donors (Lipinski definition) is 0. The summed E-state index contributed by atoms with van der Waals surface area (Å²) in [5.74, 6) is 0. The topological polar surface area (TPSA) is 15.5 Å². The molecule has 90 valence electrons. The summed E-state index contributed by atoms with van der Waals surface area (Å²) < 4.78 is 106. The number of hydrogen-bond acceptors (Lipinski definition) is 2. The van der Waals surface area contributed by atoms with Crippen LogP contribution in [0.1, 0.15) is 0 Å². The highest BCUT2D eigenvalue weighted by Crippen LogP contribution is 2.61. The predicted molar refractivity (Wildman–Crippen MR) is 23.8 cm³/mol. The van der Waals surface area contributed by atoms with Gasteiger partial charge >= 0.3 is 24.4 Å². The van der Waals surface area contributed by atoms with E-state index in [-0.39, 0.29) is 0 Å². The van der Waals surface area contributed by atoms with Gasteiger partial charge in [-0.05, 0) is 5.06 Å². The van der Waals surface area contributed by atoms with Gasteiger partial charge in [0.1, 0.15) is 0 Å². The number of rotatable bonds is 0. The third-order valence-electron chi connectivity index (χ3n) is 1.48. The lowest BCUT2D eigenvalue weighted by atomic mass is 10.2. The van der Waals surface area contributed by atoms with Gasteiger partial charge in [0, 0.05) is 0 Å². The molecule has 1 heterocycles.